The number of amides is 1. The number of carbonyl (C=O) groups excluding carboxylic acids is 1. The number of pyridine rings is 1. The average molecular weight is 607 g/mol. The molecule has 3 aromatic rings. The van der Waals surface area contributed by atoms with Gasteiger partial charge in [0.1, 0.15) is 13.7 Å². The number of rotatable bonds is 9. The standard InChI is InChI=1S/C28H33F3N4O4SSi/c1-18-16-26(2,3)41(17-18)25-20(23(32)36)15-21(40(37,38)19-7-5-4-6-8-19)24(33-25)35-13-9-22(34-35)39-14-12-27(10-11-27)28(29,30)31/h4-9,13,15,18,41H,10-12,14,16-17H2,1-3H3,(H2,32,36). The van der Waals surface area contributed by atoms with Crippen molar-refractivity contribution in [2.75, 3.05) is 6.61 Å². The van der Waals surface area contributed by atoms with Gasteiger partial charge in [-0.15, -0.1) is 5.10 Å². The summed E-state index contributed by atoms with van der Waals surface area (Å²) in [7, 11) is -6.10. The smallest absolute Gasteiger partial charge is 0.394 e. The summed E-state index contributed by atoms with van der Waals surface area (Å²) in [6, 6.07) is 11.4. The molecule has 2 aliphatic rings. The summed E-state index contributed by atoms with van der Waals surface area (Å²) < 4.78 is 74.4. The number of hydrogen-bond donors (Lipinski definition) is 1. The Bertz CT molecular complexity index is 1570. The fourth-order valence-electron chi connectivity index (χ4n) is 6.06. The molecule has 0 spiro atoms. The first-order chi connectivity index (χ1) is 19.1. The van der Waals surface area contributed by atoms with E-state index in [1.807, 2.05) is 0 Å². The van der Waals surface area contributed by atoms with Gasteiger partial charge >= 0.3 is 6.18 Å². The number of primary amides is 1. The number of benzene rings is 1. The van der Waals surface area contributed by atoms with Gasteiger partial charge < -0.3 is 10.5 Å². The van der Waals surface area contributed by atoms with Crippen LogP contribution in [0.4, 0.5) is 13.2 Å². The lowest BCUT2D eigenvalue weighted by molar-refractivity contribution is -0.190. The van der Waals surface area contributed by atoms with Crippen molar-refractivity contribution in [3.63, 3.8) is 0 Å². The first kappa shape index (κ1) is 29.3. The van der Waals surface area contributed by atoms with Crippen LogP contribution in [0.2, 0.25) is 11.1 Å². The lowest BCUT2D eigenvalue weighted by Gasteiger charge is -2.27. The van der Waals surface area contributed by atoms with Gasteiger partial charge in [-0.05, 0) is 54.8 Å². The van der Waals surface area contributed by atoms with Gasteiger partial charge in [0.2, 0.25) is 21.6 Å². The quantitative estimate of drug-likeness (QED) is 0.357. The zero-order valence-corrected chi connectivity index (χ0v) is 25.1. The number of nitrogens with zero attached hydrogens (tertiary/aromatic N) is 3. The van der Waals surface area contributed by atoms with E-state index in [-0.39, 0.29) is 58.0 Å². The predicted molar refractivity (Wildman–Crippen MR) is 149 cm³/mol. The maximum absolute atomic E-state index is 13.8. The Morgan fingerprint density at radius 3 is 2.44 bits per heavy atom. The number of halogens is 3. The molecule has 2 fully saturated rings. The average Bonchev–Trinajstić information content (AvgIpc) is 3.47. The molecule has 2 atom stereocenters. The first-order valence-electron chi connectivity index (χ1n) is 13.6. The molecule has 8 nitrogen and oxygen atoms in total. The van der Waals surface area contributed by atoms with E-state index in [1.54, 1.807) is 18.2 Å². The molecule has 1 saturated heterocycles. The van der Waals surface area contributed by atoms with Crippen LogP contribution in [0.3, 0.4) is 0 Å². The molecule has 3 heterocycles. The maximum atomic E-state index is 13.8. The van der Waals surface area contributed by atoms with Gasteiger partial charge in [-0.1, -0.05) is 45.0 Å². The third-order valence-corrected chi connectivity index (χ3v) is 14.7. The Hall–Kier alpha value is -3.19. The molecular formula is C28H33F3N4O4SSi. The molecule has 220 valence electrons. The van der Waals surface area contributed by atoms with Crippen LogP contribution in [0.1, 0.15) is 56.8 Å². The highest BCUT2D eigenvalue weighted by molar-refractivity contribution is 7.91. The minimum Gasteiger partial charge on any atom is -0.477 e. The van der Waals surface area contributed by atoms with Crippen LogP contribution < -0.4 is 15.8 Å². The van der Waals surface area contributed by atoms with Crippen molar-refractivity contribution in [1.29, 1.82) is 0 Å². The second kappa shape index (κ2) is 10.3. The van der Waals surface area contributed by atoms with Crippen molar-refractivity contribution in [1.82, 2.24) is 14.8 Å². The highest BCUT2D eigenvalue weighted by Gasteiger charge is 2.62. The molecule has 5 rings (SSSR count). The monoisotopic (exact) mass is 606 g/mol. The van der Waals surface area contributed by atoms with Crippen LogP contribution in [0.15, 0.2) is 58.5 Å². The Morgan fingerprint density at radius 2 is 1.88 bits per heavy atom. The number of sulfone groups is 1. The zero-order valence-electron chi connectivity index (χ0n) is 23.1. The molecule has 1 saturated carbocycles. The van der Waals surface area contributed by atoms with Crippen LogP contribution in [0, 0.1) is 11.3 Å². The van der Waals surface area contributed by atoms with E-state index in [1.165, 1.54) is 35.1 Å². The number of ether oxygens (including phenoxy) is 1. The third-order valence-electron chi connectivity index (χ3n) is 8.46. The minimum absolute atomic E-state index is 0.00351. The fraction of sp³-hybridized carbons (Fsp3) is 0.464. The number of alkyl halides is 3. The summed E-state index contributed by atoms with van der Waals surface area (Å²) in [5, 5.41) is 4.77. The van der Waals surface area contributed by atoms with Crippen molar-refractivity contribution in [3.8, 4) is 11.7 Å². The summed E-state index contributed by atoms with van der Waals surface area (Å²) >= 11 is 0. The van der Waals surface area contributed by atoms with Gasteiger partial charge in [0.05, 0.1) is 22.5 Å². The highest BCUT2D eigenvalue weighted by atomic mass is 32.2. The molecule has 1 aromatic carbocycles. The van der Waals surface area contributed by atoms with Gasteiger partial charge in [0.15, 0.2) is 5.82 Å². The van der Waals surface area contributed by atoms with E-state index in [0.717, 1.165) is 12.5 Å². The molecule has 41 heavy (non-hydrogen) atoms. The van der Waals surface area contributed by atoms with Crippen molar-refractivity contribution < 1.29 is 31.1 Å². The van der Waals surface area contributed by atoms with E-state index < -0.39 is 36.1 Å². The van der Waals surface area contributed by atoms with E-state index in [4.69, 9.17) is 15.5 Å². The van der Waals surface area contributed by atoms with E-state index >= 15 is 0 Å². The maximum Gasteiger partial charge on any atom is 0.394 e. The third kappa shape index (κ3) is 5.53. The lowest BCUT2D eigenvalue weighted by atomic mass is 10.0. The largest absolute Gasteiger partial charge is 0.477 e. The second-order valence-corrected chi connectivity index (χ2v) is 17.6. The number of aromatic nitrogens is 3. The van der Waals surface area contributed by atoms with Gasteiger partial charge in [-0.2, -0.15) is 13.2 Å². The Morgan fingerprint density at radius 1 is 1.20 bits per heavy atom. The van der Waals surface area contributed by atoms with Gasteiger partial charge in [0, 0.05) is 17.6 Å². The normalized spacial score (nSPS) is 21.5. The molecule has 1 aliphatic heterocycles. The first-order valence-corrected chi connectivity index (χ1v) is 17.0. The van der Waals surface area contributed by atoms with E-state index in [9.17, 15) is 26.4 Å². The lowest BCUT2D eigenvalue weighted by Crippen LogP contribution is -2.43. The summed E-state index contributed by atoms with van der Waals surface area (Å²) in [6.07, 6.45) is -1.91. The molecule has 1 aliphatic carbocycles. The van der Waals surface area contributed by atoms with Gasteiger partial charge in [0.25, 0.3) is 0 Å². The highest BCUT2D eigenvalue weighted by Crippen LogP contribution is 2.59. The van der Waals surface area contributed by atoms with E-state index in [2.05, 4.69) is 25.9 Å². The van der Waals surface area contributed by atoms with E-state index in [0.29, 0.717) is 11.2 Å². The number of hydrogen-bond acceptors (Lipinski definition) is 6. The molecular weight excluding hydrogens is 573 g/mol. The zero-order chi connectivity index (χ0) is 29.8. The summed E-state index contributed by atoms with van der Waals surface area (Å²) in [4.78, 5) is 17.3. The topological polar surface area (TPSA) is 117 Å². The van der Waals surface area contributed by atoms with Crippen LogP contribution in [-0.2, 0) is 9.84 Å². The molecule has 13 heteroatoms. The van der Waals surface area contributed by atoms with Crippen molar-refractivity contribution in [2.24, 2.45) is 17.1 Å². The molecule has 0 radical (unpaired) electrons. The predicted octanol–water partition coefficient (Wildman–Crippen LogP) is 4.56. The number of carbonyl (C=O) groups is 1. The van der Waals surface area contributed by atoms with Gasteiger partial charge in [-0.3, -0.25) is 4.79 Å². The summed E-state index contributed by atoms with van der Waals surface area (Å²) in [5.74, 6) is -0.313. The van der Waals surface area contributed by atoms with Crippen LogP contribution in [0.25, 0.3) is 5.82 Å². The Labute approximate surface area is 238 Å². The van der Waals surface area contributed by atoms with Crippen LogP contribution in [-0.4, -0.2) is 50.7 Å². The van der Waals surface area contributed by atoms with Crippen LogP contribution >= 0.6 is 0 Å². The molecule has 1 amide bonds. The van der Waals surface area contributed by atoms with Crippen molar-refractivity contribution in [2.45, 2.75) is 73.5 Å². The molecule has 2 N–H and O–H groups in total. The second-order valence-electron chi connectivity index (χ2n) is 12.0. The van der Waals surface area contributed by atoms with Gasteiger partial charge in [-0.25, -0.2) is 18.1 Å². The summed E-state index contributed by atoms with van der Waals surface area (Å²) in [6.45, 7) is 6.24. The minimum atomic E-state index is -4.28. The Balaban J connectivity index is 1.58. The molecule has 2 unspecified atom stereocenters. The molecule has 2 aromatic heterocycles. The SMILES string of the molecule is CC1C[SiH](c2nc(-n3ccc(OCCC4(C(F)(F)F)CC4)n3)c(S(=O)(=O)c3ccccc3)cc2C(N)=O)C(C)(C)C1. The van der Waals surface area contributed by atoms with Crippen LogP contribution in [0.5, 0.6) is 5.88 Å². The summed E-state index contributed by atoms with van der Waals surface area (Å²) in [5.41, 5.74) is 4.19. The number of nitrogens with two attached hydrogens (primary N) is 1. The van der Waals surface area contributed by atoms with Crippen molar-refractivity contribution in [3.05, 3.63) is 54.2 Å². The fourth-order valence-corrected chi connectivity index (χ4v) is 11.6. The van der Waals surface area contributed by atoms with Crippen molar-refractivity contribution >= 4 is 29.9 Å². The Kier molecular flexibility index (Phi) is 7.34. The molecule has 0 bridgehead atoms.